The highest BCUT2D eigenvalue weighted by Crippen LogP contribution is 2.22. The molecule has 0 radical (unpaired) electrons. The van der Waals surface area contributed by atoms with Crippen molar-refractivity contribution < 1.29 is 4.79 Å². The molecule has 4 heteroatoms. The first-order chi connectivity index (χ1) is 7.04. The first kappa shape index (κ1) is 12.7. The molecule has 82 valence electrons. The summed E-state index contributed by atoms with van der Waals surface area (Å²) in [5.74, 6) is -0.0213. The molecule has 2 nitrogen and oxygen atoms in total. The molecule has 0 aliphatic rings. The molecular formula is C11H13Br2NO. The number of hydrogen-bond acceptors (Lipinski definition) is 1. The van der Waals surface area contributed by atoms with Gasteiger partial charge in [0.1, 0.15) is 0 Å². The molecule has 0 aromatic heterocycles. The topological polar surface area (TPSA) is 29.1 Å². The number of carbonyl (C=O) groups is 1. The van der Waals surface area contributed by atoms with Gasteiger partial charge < -0.3 is 5.32 Å². The summed E-state index contributed by atoms with van der Waals surface area (Å²) in [6.45, 7) is 3.87. The summed E-state index contributed by atoms with van der Waals surface area (Å²) in [4.78, 5) is 11.3. The van der Waals surface area contributed by atoms with Crippen LogP contribution in [0.1, 0.15) is 19.4 Å². The lowest BCUT2D eigenvalue weighted by molar-refractivity contribution is -0.115. The average Bonchev–Trinajstić information content (AvgIpc) is 2.20. The standard InChI is InChI=1S/C11H13Br2NO/c1-3-8-6-9(13)4-5-10(8)14-11(15)7(2)12/h4-7H,3H2,1-2H3,(H,14,15). The Kier molecular flexibility index (Phi) is 4.80. The number of hydrogen-bond donors (Lipinski definition) is 1. The maximum absolute atomic E-state index is 11.5. The van der Waals surface area contributed by atoms with Crippen molar-refractivity contribution in [3.63, 3.8) is 0 Å². The maximum atomic E-state index is 11.5. The van der Waals surface area contributed by atoms with E-state index in [1.54, 1.807) is 6.92 Å². The van der Waals surface area contributed by atoms with Crippen LogP contribution < -0.4 is 5.32 Å². The number of aryl methyl sites for hydroxylation is 1. The Morgan fingerprint density at radius 1 is 1.53 bits per heavy atom. The van der Waals surface area contributed by atoms with Gasteiger partial charge >= 0.3 is 0 Å². The number of nitrogens with one attached hydrogen (secondary N) is 1. The molecule has 15 heavy (non-hydrogen) atoms. The third-order valence-electron chi connectivity index (χ3n) is 2.07. The van der Waals surface area contributed by atoms with Gasteiger partial charge in [-0.3, -0.25) is 4.79 Å². The Labute approximate surface area is 107 Å². The minimum absolute atomic E-state index is 0.0213. The van der Waals surface area contributed by atoms with E-state index in [-0.39, 0.29) is 10.7 Å². The SMILES string of the molecule is CCc1cc(Br)ccc1NC(=O)C(C)Br. The summed E-state index contributed by atoms with van der Waals surface area (Å²) >= 11 is 6.65. The second kappa shape index (κ2) is 5.66. The van der Waals surface area contributed by atoms with E-state index in [9.17, 15) is 4.79 Å². The summed E-state index contributed by atoms with van der Waals surface area (Å²) in [5, 5.41) is 2.88. The van der Waals surface area contributed by atoms with Gasteiger partial charge in [0.15, 0.2) is 0 Å². The number of halogens is 2. The normalized spacial score (nSPS) is 12.3. The van der Waals surface area contributed by atoms with Gasteiger partial charge in [-0.2, -0.15) is 0 Å². The van der Waals surface area contributed by atoms with Crippen LogP contribution in [-0.4, -0.2) is 10.7 Å². The average molecular weight is 335 g/mol. The number of rotatable bonds is 3. The first-order valence-corrected chi connectivity index (χ1v) is 6.48. The van der Waals surface area contributed by atoms with E-state index >= 15 is 0 Å². The Morgan fingerprint density at radius 3 is 2.73 bits per heavy atom. The number of alkyl halides is 1. The zero-order chi connectivity index (χ0) is 11.4. The molecule has 0 fully saturated rings. The summed E-state index contributed by atoms with van der Waals surface area (Å²) in [7, 11) is 0. The molecule has 1 aromatic carbocycles. The summed E-state index contributed by atoms with van der Waals surface area (Å²) in [6, 6.07) is 5.86. The Hall–Kier alpha value is -0.350. The van der Waals surface area contributed by atoms with Gasteiger partial charge in [0, 0.05) is 10.2 Å². The molecule has 0 saturated heterocycles. The molecule has 1 aromatic rings. The fourth-order valence-corrected chi connectivity index (χ4v) is 1.73. The fraction of sp³-hybridized carbons (Fsp3) is 0.364. The van der Waals surface area contributed by atoms with Crippen molar-refractivity contribution in [1.82, 2.24) is 0 Å². The van der Waals surface area contributed by atoms with Crippen LogP contribution in [0.25, 0.3) is 0 Å². The van der Waals surface area contributed by atoms with Gasteiger partial charge in [-0.1, -0.05) is 38.8 Å². The van der Waals surface area contributed by atoms with Gasteiger partial charge in [-0.25, -0.2) is 0 Å². The van der Waals surface area contributed by atoms with E-state index < -0.39 is 0 Å². The lowest BCUT2D eigenvalue weighted by Gasteiger charge is -2.11. The Bertz CT molecular complexity index is 364. The van der Waals surface area contributed by atoms with Crippen molar-refractivity contribution in [2.75, 3.05) is 5.32 Å². The van der Waals surface area contributed by atoms with Gasteiger partial charge in [-0.05, 0) is 37.1 Å². The molecule has 0 saturated carbocycles. The van der Waals surface area contributed by atoms with E-state index in [1.165, 1.54) is 0 Å². The number of anilines is 1. The number of amides is 1. The van der Waals surface area contributed by atoms with Crippen LogP contribution >= 0.6 is 31.9 Å². The lowest BCUT2D eigenvalue weighted by Crippen LogP contribution is -2.20. The second-order valence-corrected chi connectivity index (χ2v) is 5.55. The van der Waals surface area contributed by atoms with E-state index in [4.69, 9.17) is 0 Å². The van der Waals surface area contributed by atoms with Crippen molar-refractivity contribution in [3.05, 3.63) is 28.2 Å². The van der Waals surface area contributed by atoms with Gasteiger partial charge in [0.05, 0.1) is 4.83 Å². The smallest absolute Gasteiger partial charge is 0.237 e. The minimum atomic E-state index is -0.175. The maximum Gasteiger partial charge on any atom is 0.237 e. The summed E-state index contributed by atoms with van der Waals surface area (Å²) in [6.07, 6.45) is 0.895. The van der Waals surface area contributed by atoms with E-state index in [0.29, 0.717) is 0 Å². The fourth-order valence-electron chi connectivity index (χ4n) is 1.21. The zero-order valence-electron chi connectivity index (χ0n) is 8.68. The molecule has 0 aliphatic carbocycles. The third kappa shape index (κ3) is 3.61. The molecule has 0 spiro atoms. The van der Waals surface area contributed by atoms with Crippen molar-refractivity contribution >= 4 is 43.5 Å². The van der Waals surface area contributed by atoms with Crippen LogP contribution in [0.4, 0.5) is 5.69 Å². The Balaban J connectivity index is 2.89. The second-order valence-electron chi connectivity index (χ2n) is 3.26. The Morgan fingerprint density at radius 2 is 2.20 bits per heavy atom. The summed E-state index contributed by atoms with van der Waals surface area (Å²) < 4.78 is 1.03. The van der Waals surface area contributed by atoms with Crippen molar-refractivity contribution in [3.8, 4) is 0 Å². The van der Waals surface area contributed by atoms with Crippen molar-refractivity contribution in [2.45, 2.75) is 25.1 Å². The quantitative estimate of drug-likeness (QED) is 0.838. The highest BCUT2D eigenvalue weighted by atomic mass is 79.9. The van der Waals surface area contributed by atoms with Gasteiger partial charge in [0.2, 0.25) is 5.91 Å². The van der Waals surface area contributed by atoms with Crippen molar-refractivity contribution in [2.24, 2.45) is 0 Å². The first-order valence-electron chi connectivity index (χ1n) is 4.78. The molecule has 1 N–H and O–H groups in total. The minimum Gasteiger partial charge on any atom is -0.325 e. The molecular weight excluding hydrogens is 322 g/mol. The van der Waals surface area contributed by atoms with Crippen LogP contribution in [0.15, 0.2) is 22.7 Å². The predicted octanol–water partition coefficient (Wildman–Crippen LogP) is 3.73. The molecule has 0 bridgehead atoms. The number of benzene rings is 1. The molecule has 0 heterocycles. The van der Waals surface area contributed by atoms with Crippen LogP contribution in [0, 0.1) is 0 Å². The highest BCUT2D eigenvalue weighted by Gasteiger charge is 2.10. The van der Waals surface area contributed by atoms with Crippen LogP contribution in [0.5, 0.6) is 0 Å². The van der Waals surface area contributed by atoms with Crippen LogP contribution in [-0.2, 0) is 11.2 Å². The molecule has 1 rings (SSSR count). The van der Waals surface area contributed by atoms with E-state index in [0.717, 1.165) is 22.1 Å². The number of carbonyl (C=O) groups excluding carboxylic acids is 1. The summed E-state index contributed by atoms with van der Waals surface area (Å²) in [5.41, 5.74) is 2.02. The van der Waals surface area contributed by atoms with E-state index in [2.05, 4.69) is 44.1 Å². The predicted molar refractivity (Wildman–Crippen MR) is 70.5 cm³/mol. The zero-order valence-corrected chi connectivity index (χ0v) is 11.9. The molecule has 1 unspecified atom stereocenters. The van der Waals surface area contributed by atoms with Gasteiger partial charge in [-0.15, -0.1) is 0 Å². The van der Waals surface area contributed by atoms with Crippen LogP contribution in [0.3, 0.4) is 0 Å². The van der Waals surface area contributed by atoms with Crippen molar-refractivity contribution in [1.29, 1.82) is 0 Å². The van der Waals surface area contributed by atoms with E-state index in [1.807, 2.05) is 18.2 Å². The van der Waals surface area contributed by atoms with Crippen LogP contribution in [0.2, 0.25) is 0 Å². The molecule has 1 amide bonds. The monoisotopic (exact) mass is 333 g/mol. The highest BCUT2D eigenvalue weighted by molar-refractivity contribution is 9.10. The molecule has 1 atom stereocenters. The molecule has 0 aliphatic heterocycles. The van der Waals surface area contributed by atoms with Gasteiger partial charge in [0.25, 0.3) is 0 Å². The largest absolute Gasteiger partial charge is 0.325 e. The third-order valence-corrected chi connectivity index (χ3v) is 2.98. The lowest BCUT2D eigenvalue weighted by atomic mass is 10.1.